The van der Waals surface area contributed by atoms with E-state index in [1.54, 1.807) is 0 Å². The summed E-state index contributed by atoms with van der Waals surface area (Å²) < 4.78 is 1.02. The SMILES string of the molecule is CCCC(=O)c1ccc(N2CCC(O)(c3ccc(Br)cc3)CC2)cc1. The molecule has 0 unspecified atom stereocenters. The fourth-order valence-electron chi connectivity index (χ4n) is 3.41. The van der Waals surface area contributed by atoms with Crippen molar-refractivity contribution in [3.8, 4) is 0 Å². The smallest absolute Gasteiger partial charge is 0.162 e. The number of hydrogen-bond donors (Lipinski definition) is 1. The average molecular weight is 402 g/mol. The van der Waals surface area contributed by atoms with Crippen LogP contribution in [0.3, 0.4) is 0 Å². The Morgan fingerprint density at radius 2 is 1.68 bits per heavy atom. The largest absolute Gasteiger partial charge is 0.385 e. The van der Waals surface area contributed by atoms with Gasteiger partial charge in [0, 0.05) is 35.2 Å². The van der Waals surface area contributed by atoms with Crippen LogP contribution in [0, 0.1) is 0 Å². The molecule has 0 aliphatic carbocycles. The average Bonchev–Trinajstić information content (AvgIpc) is 2.63. The van der Waals surface area contributed by atoms with Crippen molar-refractivity contribution in [2.45, 2.75) is 38.2 Å². The molecule has 25 heavy (non-hydrogen) atoms. The lowest BCUT2D eigenvalue weighted by atomic mass is 9.84. The van der Waals surface area contributed by atoms with E-state index in [1.807, 2.05) is 55.5 Å². The number of carbonyl (C=O) groups is 1. The van der Waals surface area contributed by atoms with E-state index < -0.39 is 5.60 Å². The van der Waals surface area contributed by atoms with Gasteiger partial charge in [0.15, 0.2) is 5.78 Å². The first-order valence-corrected chi connectivity index (χ1v) is 9.68. The highest BCUT2D eigenvalue weighted by Crippen LogP contribution is 2.35. The van der Waals surface area contributed by atoms with Crippen LogP contribution in [0.4, 0.5) is 5.69 Å². The second-order valence-electron chi connectivity index (χ2n) is 6.75. The molecule has 2 aromatic rings. The molecule has 1 aliphatic rings. The zero-order chi connectivity index (χ0) is 17.9. The maximum Gasteiger partial charge on any atom is 0.162 e. The van der Waals surface area contributed by atoms with Gasteiger partial charge in [-0.1, -0.05) is 35.0 Å². The van der Waals surface area contributed by atoms with Crippen LogP contribution in [0.5, 0.6) is 0 Å². The fourth-order valence-corrected chi connectivity index (χ4v) is 3.68. The van der Waals surface area contributed by atoms with Crippen molar-refractivity contribution < 1.29 is 9.90 Å². The molecule has 4 heteroatoms. The van der Waals surface area contributed by atoms with E-state index in [9.17, 15) is 9.90 Å². The number of ketones is 1. The van der Waals surface area contributed by atoms with Crippen molar-refractivity contribution in [2.24, 2.45) is 0 Å². The second-order valence-corrected chi connectivity index (χ2v) is 7.66. The molecule has 0 amide bonds. The van der Waals surface area contributed by atoms with Gasteiger partial charge in [0.1, 0.15) is 0 Å². The van der Waals surface area contributed by atoms with Gasteiger partial charge in [-0.3, -0.25) is 4.79 Å². The highest BCUT2D eigenvalue weighted by molar-refractivity contribution is 9.10. The molecule has 0 aromatic heterocycles. The normalized spacial score (nSPS) is 16.7. The van der Waals surface area contributed by atoms with E-state index in [2.05, 4.69) is 20.8 Å². The number of benzene rings is 2. The zero-order valence-electron chi connectivity index (χ0n) is 14.5. The van der Waals surface area contributed by atoms with E-state index in [-0.39, 0.29) is 5.78 Å². The first kappa shape index (κ1) is 18.2. The van der Waals surface area contributed by atoms with Crippen molar-refractivity contribution in [1.82, 2.24) is 0 Å². The first-order valence-electron chi connectivity index (χ1n) is 8.88. The molecular weight excluding hydrogens is 378 g/mol. The predicted octanol–water partition coefficient (Wildman–Crippen LogP) is 4.92. The second kappa shape index (κ2) is 7.71. The summed E-state index contributed by atoms with van der Waals surface area (Å²) in [6.07, 6.45) is 2.88. The molecule has 1 fully saturated rings. The maximum atomic E-state index is 11.9. The van der Waals surface area contributed by atoms with Crippen LogP contribution < -0.4 is 4.90 Å². The molecule has 1 saturated heterocycles. The first-order chi connectivity index (χ1) is 12.0. The van der Waals surface area contributed by atoms with Crippen molar-refractivity contribution in [3.05, 3.63) is 64.1 Å². The van der Waals surface area contributed by atoms with E-state index in [1.165, 1.54) is 0 Å². The Morgan fingerprint density at radius 1 is 1.08 bits per heavy atom. The summed E-state index contributed by atoms with van der Waals surface area (Å²) in [6.45, 7) is 3.62. The molecule has 2 aromatic carbocycles. The Bertz CT molecular complexity index is 717. The standard InChI is InChI=1S/C21H24BrNO2/c1-2-3-20(24)16-4-10-19(11-5-16)23-14-12-21(25,13-15-23)17-6-8-18(22)9-7-17/h4-11,25H,2-3,12-15H2,1H3. The van der Waals surface area contributed by atoms with Crippen LogP contribution >= 0.6 is 15.9 Å². The van der Waals surface area contributed by atoms with Gasteiger partial charge >= 0.3 is 0 Å². The van der Waals surface area contributed by atoms with Crippen LogP contribution in [0.2, 0.25) is 0 Å². The molecule has 132 valence electrons. The number of rotatable bonds is 5. The van der Waals surface area contributed by atoms with E-state index in [4.69, 9.17) is 0 Å². The number of Topliss-reactive ketones (excluding diaryl/α,β-unsaturated/α-hetero) is 1. The van der Waals surface area contributed by atoms with Crippen LogP contribution in [-0.2, 0) is 5.60 Å². The third-order valence-corrected chi connectivity index (χ3v) is 5.53. The molecule has 1 heterocycles. The molecule has 3 rings (SSSR count). The summed E-state index contributed by atoms with van der Waals surface area (Å²) in [5.41, 5.74) is 2.13. The molecule has 0 bridgehead atoms. The lowest BCUT2D eigenvalue weighted by Gasteiger charge is -2.39. The topological polar surface area (TPSA) is 40.5 Å². The van der Waals surface area contributed by atoms with Gasteiger partial charge in [0.2, 0.25) is 0 Å². The summed E-state index contributed by atoms with van der Waals surface area (Å²) in [6, 6.07) is 15.8. The molecule has 1 N–H and O–H groups in total. The highest BCUT2D eigenvalue weighted by Gasteiger charge is 2.34. The van der Waals surface area contributed by atoms with Crippen LogP contribution in [0.1, 0.15) is 48.5 Å². The van der Waals surface area contributed by atoms with Gasteiger partial charge < -0.3 is 10.0 Å². The Morgan fingerprint density at radius 3 is 2.24 bits per heavy atom. The number of hydrogen-bond acceptors (Lipinski definition) is 3. The minimum Gasteiger partial charge on any atom is -0.385 e. The molecular formula is C21H24BrNO2. The number of piperidine rings is 1. The van der Waals surface area contributed by atoms with Gasteiger partial charge in [-0.05, 0) is 61.2 Å². The number of halogens is 1. The lowest BCUT2D eigenvalue weighted by Crippen LogP contribution is -2.42. The van der Waals surface area contributed by atoms with Crippen molar-refractivity contribution >= 4 is 27.4 Å². The minimum atomic E-state index is -0.756. The zero-order valence-corrected chi connectivity index (χ0v) is 16.1. The molecule has 0 spiro atoms. The van der Waals surface area contributed by atoms with E-state index in [0.29, 0.717) is 19.3 Å². The number of nitrogens with zero attached hydrogens (tertiary/aromatic N) is 1. The number of aliphatic hydroxyl groups is 1. The van der Waals surface area contributed by atoms with E-state index >= 15 is 0 Å². The number of carbonyl (C=O) groups excluding carboxylic acids is 1. The van der Waals surface area contributed by atoms with Crippen LogP contribution in [0.25, 0.3) is 0 Å². The summed E-state index contributed by atoms with van der Waals surface area (Å²) >= 11 is 3.44. The van der Waals surface area contributed by atoms with E-state index in [0.717, 1.165) is 40.8 Å². The summed E-state index contributed by atoms with van der Waals surface area (Å²) in [5.74, 6) is 0.206. The fraction of sp³-hybridized carbons (Fsp3) is 0.381. The minimum absolute atomic E-state index is 0.206. The lowest BCUT2D eigenvalue weighted by molar-refractivity contribution is 0.0118. The Labute approximate surface area is 157 Å². The highest BCUT2D eigenvalue weighted by atomic mass is 79.9. The Kier molecular flexibility index (Phi) is 5.60. The predicted molar refractivity (Wildman–Crippen MR) is 105 cm³/mol. The summed E-state index contributed by atoms with van der Waals surface area (Å²) in [5, 5.41) is 11.0. The molecule has 3 nitrogen and oxygen atoms in total. The van der Waals surface area contributed by atoms with Gasteiger partial charge in [-0.25, -0.2) is 0 Å². The molecule has 0 saturated carbocycles. The summed E-state index contributed by atoms with van der Waals surface area (Å²) in [7, 11) is 0. The van der Waals surface area contributed by atoms with Crippen LogP contribution in [0.15, 0.2) is 53.0 Å². The molecule has 0 radical (unpaired) electrons. The van der Waals surface area contributed by atoms with Crippen LogP contribution in [-0.4, -0.2) is 24.0 Å². The van der Waals surface area contributed by atoms with Gasteiger partial charge in [-0.15, -0.1) is 0 Å². The van der Waals surface area contributed by atoms with Crippen molar-refractivity contribution in [1.29, 1.82) is 0 Å². The van der Waals surface area contributed by atoms with Gasteiger partial charge in [0.05, 0.1) is 5.60 Å². The molecule has 0 atom stereocenters. The third kappa shape index (κ3) is 4.13. The number of anilines is 1. The van der Waals surface area contributed by atoms with Gasteiger partial charge in [-0.2, -0.15) is 0 Å². The Hall–Kier alpha value is -1.65. The van der Waals surface area contributed by atoms with Gasteiger partial charge in [0.25, 0.3) is 0 Å². The Balaban J connectivity index is 1.65. The third-order valence-electron chi connectivity index (χ3n) is 5.00. The monoisotopic (exact) mass is 401 g/mol. The van der Waals surface area contributed by atoms with Crippen molar-refractivity contribution in [2.75, 3.05) is 18.0 Å². The maximum absolute atomic E-state index is 11.9. The summed E-state index contributed by atoms with van der Waals surface area (Å²) in [4.78, 5) is 14.2. The van der Waals surface area contributed by atoms with Crippen molar-refractivity contribution in [3.63, 3.8) is 0 Å². The quantitative estimate of drug-likeness (QED) is 0.722. The molecule has 1 aliphatic heterocycles.